The number of halogens is 1. The van der Waals surface area contributed by atoms with Gasteiger partial charge in [0, 0.05) is 10.8 Å². The van der Waals surface area contributed by atoms with Gasteiger partial charge >= 0.3 is 0 Å². The molecule has 1 N–H and O–H groups in total. The second-order valence-electron chi connectivity index (χ2n) is 4.61. The summed E-state index contributed by atoms with van der Waals surface area (Å²) >= 11 is 0. The maximum absolute atomic E-state index is 13.6. The molecule has 0 unspecified atom stereocenters. The van der Waals surface area contributed by atoms with E-state index in [-0.39, 0.29) is 17.8 Å². The van der Waals surface area contributed by atoms with Crippen molar-refractivity contribution in [1.82, 2.24) is 0 Å². The van der Waals surface area contributed by atoms with Crippen molar-refractivity contribution in [3.63, 3.8) is 0 Å². The Hall–Kier alpha value is -1.41. The van der Waals surface area contributed by atoms with Crippen molar-refractivity contribution in [1.29, 1.82) is 0 Å². The molecular formula is C14H13FO. The Morgan fingerprint density at radius 2 is 2.00 bits per heavy atom. The molecule has 0 amide bonds. The van der Waals surface area contributed by atoms with E-state index < -0.39 is 0 Å². The molecule has 0 radical (unpaired) electrons. The van der Waals surface area contributed by atoms with Crippen LogP contribution in [-0.4, -0.2) is 11.7 Å². The number of hydrogen-bond acceptors (Lipinski definition) is 1. The Labute approximate surface area is 93.5 Å². The van der Waals surface area contributed by atoms with Crippen LogP contribution >= 0.6 is 0 Å². The van der Waals surface area contributed by atoms with Gasteiger partial charge in [-0.15, -0.1) is 0 Å². The first-order chi connectivity index (χ1) is 7.75. The van der Waals surface area contributed by atoms with Crippen molar-refractivity contribution in [2.45, 2.75) is 18.3 Å². The van der Waals surface area contributed by atoms with Gasteiger partial charge in [-0.05, 0) is 35.9 Å². The summed E-state index contributed by atoms with van der Waals surface area (Å²) in [5.41, 5.74) is 0.976. The van der Waals surface area contributed by atoms with Crippen LogP contribution in [0.25, 0.3) is 10.8 Å². The van der Waals surface area contributed by atoms with Gasteiger partial charge in [-0.1, -0.05) is 24.3 Å². The molecule has 0 bridgehead atoms. The number of rotatable bonds is 2. The van der Waals surface area contributed by atoms with Gasteiger partial charge in [0.05, 0.1) is 6.61 Å². The fraction of sp³-hybridized carbons (Fsp3) is 0.286. The Kier molecular flexibility index (Phi) is 2.01. The molecule has 82 valence electrons. The molecule has 3 rings (SSSR count). The molecule has 2 aromatic rings. The van der Waals surface area contributed by atoms with Crippen LogP contribution in [0, 0.1) is 5.82 Å². The summed E-state index contributed by atoms with van der Waals surface area (Å²) in [6.45, 7) is 0.160. The number of benzene rings is 2. The summed E-state index contributed by atoms with van der Waals surface area (Å²) in [5.74, 6) is -0.187. The van der Waals surface area contributed by atoms with Crippen molar-refractivity contribution in [2.24, 2.45) is 0 Å². The maximum Gasteiger partial charge on any atom is 0.131 e. The molecule has 1 aliphatic rings. The highest BCUT2D eigenvalue weighted by Gasteiger charge is 2.43. The lowest BCUT2D eigenvalue weighted by Gasteiger charge is -2.13. The Morgan fingerprint density at radius 3 is 2.69 bits per heavy atom. The summed E-state index contributed by atoms with van der Waals surface area (Å²) in [4.78, 5) is 0. The molecule has 1 fully saturated rings. The van der Waals surface area contributed by atoms with E-state index >= 15 is 0 Å². The zero-order valence-corrected chi connectivity index (χ0v) is 8.91. The lowest BCUT2D eigenvalue weighted by molar-refractivity contribution is 0.255. The van der Waals surface area contributed by atoms with Crippen LogP contribution in [0.15, 0.2) is 36.4 Å². The highest BCUT2D eigenvalue weighted by Crippen LogP contribution is 2.48. The van der Waals surface area contributed by atoms with Crippen molar-refractivity contribution < 1.29 is 9.50 Å². The first-order valence-corrected chi connectivity index (χ1v) is 5.55. The molecule has 1 saturated carbocycles. The van der Waals surface area contributed by atoms with Crippen LogP contribution < -0.4 is 0 Å². The van der Waals surface area contributed by atoms with Gasteiger partial charge in [-0.3, -0.25) is 0 Å². The van der Waals surface area contributed by atoms with E-state index in [1.807, 2.05) is 24.3 Å². The van der Waals surface area contributed by atoms with E-state index in [0.29, 0.717) is 5.39 Å². The van der Waals surface area contributed by atoms with E-state index in [4.69, 9.17) is 0 Å². The van der Waals surface area contributed by atoms with E-state index in [0.717, 1.165) is 23.8 Å². The standard InChI is InChI=1S/C14H13FO/c15-13-3-1-2-10-4-5-11(8-12(10)13)14(9-16)6-7-14/h1-5,8,16H,6-7,9H2. The predicted molar refractivity (Wildman–Crippen MR) is 61.9 cm³/mol. The van der Waals surface area contributed by atoms with Crippen molar-refractivity contribution in [2.75, 3.05) is 6.61 Å². The van der Waals surface area contributed by atoms with Gasteiger partial charge in [0.2, 0.25) is 0 Å². The van der Waals surface area contributed by atoms with Gasteiger partial charge < -0.3 is 5.11 Å². The Morgan fingerprint density at radius 1 is 1.19 bits per heavy atom. The highest BCUT2D eigenvalue weighted by molar-refractivity contribution is 5.84. The Bertz CT molecular complexity index is 543. The molecule has 1 nitrogen and oxygen atoms in total. The average molecular weight is 216 g/mol. The van der Waals surface area contributed by atoms with Crippen LogP contribution in [0.5, 0.6) is 0 Å². The molecule has 2 heteroatoms. The minimum absolute atomic E-state index is 0.0868. The smallest absolute Gasteiger partial charge is 0.131 e. The molecule has 1 aliphatic carbocycles. The number of fused-ring (bicyclic) bond motifs is 1. The lowest BCUT2D eigenvalue weighted by Crippen LogP contribution is -2.11. The molecule has 0 spiro atoms. The zero-order chi connectivity index (χ0) is 11.2. The summed E-state index contributed by atoms with van der Waals surface area (Å²) in [5, 5.41) is 10.9. The normalized spacial score (nSPS) is 17.6. The summed E-state index contributed by atoms with van der Waals surface area (Å²) < 4.78 is 13.6. The molecule has 0 saturated heterocycles. The first-order valence-electron chi connectivity index (χ1n) is 5.55. The molecule has 16 heavy (non-hydrogen) atoms. The molecular weight excluding hydrogens is 203 g/mol. The quantitative estimate of drug-likeness (QED) is 0.818. The van der Waals surface area contributed by atoms with Crippen molar-refractivity contribution >= 4 is 10.8 Å². The second kappa shape index (κ2) is 3.29. The average Bonchev–Trinajstić information content (AvgIpc) is 3.10. The third-order valence-electron chi connectivity index (χ3n) is 3.60. The van der Waals surface area contributed by atoms with Gasteiger partial charge in [0.15, 0.2) is 0 Å². The molecule has 0 aliphatic heterocycles. The van der Waals surface area contributed by atoms with Gasteiger partial charge in [0.1, 0.15) is 5.82 Å². The monoisotopic (exact) mass is 216 g/mol. The number of aliphatic hydroxyl groups is 1. The third kappa shape index (κ3) is 1.34. The fourth-order valence-corrected chi connectivity index (χ4v) is 2.25. The predicted octanol–water partition coefficient (Wildman–Crippen LogP) is 3.00. The SMILES string of the molecule is OCC1(c2ccc3cccc(F)c3c2)CC1. The zero-order valence-electron chi connectivity index (χ0n) is 8.91. The fourth-order valence-electron chi connectivity index (χ4n) is 2.25. The highest BCUT2D eigenvalue weighted by atomic mass is 19.1. The minimum atomic E-state index is -0.187. The van der Waals surface area contributed by atoms with Crippen LogP contribution in [0.1, 0.15) is 18.4 Å². The summed E-state index contributed by atoms with van der Waals surface area (Å²) in [6.07, 6.45) is 2.01. The lowest BCUT2D eigenvalue weighted by atomic mass is 9.94. The minimum Gasteiger partial charge on any atom is -0.395 e. The van der Waals surface area contributed by atoms with Gasteiger partial charge in [-0.25, -0.2) is 4.39 Å². The van der Waals surface area contributed by atoms with E-state index in [2.05, 4.69) is 0 Å². The summed E-state index contributed by atoms with van der Waals surface area (Å²) in [6, 6.07) is 10.9. The van der Waals surface area contributed by atoms with E-state index in [9.17, 15) is 9.50 Å². The van der Waals surface area contributed by atoms with Crippen LogP contribution in [-0.2, 0) is 5.41 Å². The molecule has 2 aromatic carbocycles. The summed E-state index contributed by atoms with van der Waals surface area (Å²) in [7, 11) is 0. The molecule has 0 aromatic heterocycles. The van der Waals surface area contributed by atoms with E-state index in [1.165, 1.54) is 6.07 Å². The van der Waals surface area contributed by atoms with Crippen LogP contribution in [0.3, 0.4) is 0 Å². The Balaban J connectivity index is 2.19. The first kappa shape index (κ1) is 9.79. The second-order valence-corrected chi connectivity index (χ2v) is 4.61. The van der Waals surface area contributed by atoms with Crippen LogP contribution in [0.2, 0.25) is 0 Å². The van der Waals surface area contributed by atoms with Crippen molar-refractivity contribution in [3.8, 4) is 0 Å². The third-order valence-corrected chi connectivity index (χ3v) is 3.60. The molecule has 0 heterocycles. The van der Waals surface area contributed by atoms with Crippen molar-refractivity contribution in [3.05, 3.63) is 47.8 Å². The van der Waals surface area contributed by atoms with Crippen LogP contribution in [0.4, 0.5) is 4.39 Å². The number of hydrogen-bond donors (Lipinski definition) is 1. The van der Waals surface area contributed by atoms with E-state index in [1.54, 1.807) is 6.07 Å². The topological polar surface area (TPSA) is 20.2 Å². The maximum atomic E-state index is 13.6. The molecule has 0 atom stereocenters. The van der Waals surface area contributed by atoms with Gasteiger partial charge in [-0.2, -0.15) is 0 Å². The number of aliphatic hydroxyl groups excluding tert-OH is 1. The largest absolute Gasteiger partial charge is 0.395 e. The van der Waals surface area contributed by atoms with Gasteiger partial charge in [0.25, 0.3) is 0 Å².